The van der Waals surface area contributed by atoms with E-state index in [1.54, 1.807) is 7.11 Å². The number of hydrogen-bond donors (Lipinski definition) is 2. The molecule has 2 aromatic heterocycles. The maximum absolute atomic E-state index is 11.3. The molecule has 9 nitrogen and oxygen atoms in total. The van der Waals surface area contributed by atoms with Crippen molar-refractivity contribution in [2.24, 2.45) is 0 Å². The van der Waals surface area contributed by atoms with Gasteiger partial charge >= 0.3 is 0 Å². The van der Waals surface area contributed by atoms with E-state index >= 15 is 0 Å². The molecular formula is C30H34N6O3S. The number of benzene rings is 3. The minimum absolute atomic E-state index is 0.151. The average molecular weight is 559 g/mol. The molecule has 208 valence electrons. The van der Waals surface area contributed by atoms with Crippen molar-refractivity contribution in [2.75, 3.05) is 37.9 Å². The number of rotatable bonds is 12. The average Bonchev–Trinajstić information content (AvgIpc) is 3.33. The van der Waals surface area contributed by atoms with Gasteiger partial charge in [-0.3, -0.25) is 4.68 Å². The van der Waals surface area contributed by atoms with E-state index < -0.39 is 9.84 Å². The molecule has 0 aliphatic carbocycles. The van der Waals surface area contributed by atoms with Crippen LogP contribution in [0.4, 0.5) is 5.82 Å². The van der Waals surface area contributed by atoms with Crippen LogP contribution in [0.2, 0.25) is 0 Å². The normalized spacial score (nSPS) is 11.8. The lowest BCUT2D eigenvalue weighted by Crippen LogP contribution is -2.23. The van der Waals surface area contributed by atoms with Crippen LogP contribution >= 0.6 is 0 Å². The molecule has 0 aliphatic heterocycles. The highest BCUT2D eigenvalue weighted by Crippen LogP contribution is 2.31. The number of nitrogens with two attached hydrogens (primary N) is 1. The van der Waals surface area contributed by atoms with Gasteiger partial charge in [-0.15, -0.1) is 0 Å². The van der Waals surface area contributed by atoms with E-state index in [-0.39, 0.29) is 5.75 Å². The second kappa shape index (κ2) is 12.0. The van der Waals surface area contributed by atoms with Gasteiger partial charge in [-0.1, -0.05) is 30.3 Å². The molecule has 5 rings (SSSR count). The Balaban J connectivity index is 1.34. The Bertz CT molecular complexity index is 1740. The van der Waals surface area contributed by atoms with Crippen molar-refractivity contribution in [3.05, 3.63) is 78.0 Å². The van der Waals surface area contributed by atoms with Gasteiger partial charge < -0.3 is 15.8 Å². The highest BCUT2D eigenvalue weighted by Gasteiger charge is 2.14. The van der Waals surface area contributed by atoms with Gasteiger partial charge in [0.15, 0.2) is 5.82 Å². The third-order valence-electron chi connectivity index (χ3n) is 6.90. The molecule has 0 saturated heterocycles. The lowest BCUT2D eigenvalue weighted by Gasteiger charge is -2.12. The monoisotopic (exact) mass is 558 g/mol. The van der Waals surface area contributed by atoms with E-state index in [1.165, 1.54) is 11.8 Å². The molecular weight excluding hydrogens is 524 g/mol. The number of ether oxygens (including phenoxy) is 1. The zero-order chi connectivity index (χ0) is 28.1. The number of hydrogen-bond acceptors (Lipinski definition) is 8. The molecule has 5 aromatic rings. The molecule has 0 radical (unpaired) electrons. The molecule has 2 heterocycles. The Kier molecular flexibility index (Phi) is 8.27. The van der Waals surface area contributed by atoms with Gasteiger partial charge in [0.25, 0.3) is 0 Å². The van der Waals surface area contributed by atoms with E-state index in [0.29, 0.717) is 24.7 Å². The van der Waals surface area contributed by atoms with Gasteiger partial charge in [0.2, 0.25) is 0 Å². The largest absolute Gasteiger partial charge is 0.496 e. The summed E-state index contributed by atoms with van der Waals surface area (Å²) in [6, 6.07) is 20.3. The SMILES string of the molecule is COc1cc2c(N)nc(-c3ccc4c(cnn4Cc4ccccc4)c3)nc2cc1CCCCNCCS(C)(=O)=O. The maximum atomic E-state index is 11.3. The topological polar surface area (TPSA) is 125 Å². The first-order chi connectivity index (χ1) is 19.3. The number of anilines is 1. The summed E-state index contributed by atoms with van der Waals surface area (Å²) in [5.41, 5.74) is 11.3. The molecule has 40 heavy (non-hydrogen) atoms. The number of methoxy groups -OCH3 is 1. The molecule has 0 spiro atoms. The minimum Gasteiger partial charge on any atom is -0.496 e. The minimum atomic E-state index is -2.94. The van der Waals surface area contributed by atoms with Gasteiger partial charge in [-0.25, -0.2) is 18.4 Å². The van der Waals surface area contributed by atoms with Crippen molar-refractivity contribution < 1.29 is 13.2 Å². The smallest absolute Gasteiger partial charge is 0.162 e. The second-order valence-corrected chi connectivity index (χ2v) is 12.3. The summed E-state index contributed by atoms with van der Waals surface area (Å²) < 4.78 is 30.2. The third-order valence-corrected chi connectivity index (χ3v) is 7.85. The lowest BCUT2D eigenvalue weighted by molar-refractivity contribution is 0.409. The number of nitrogens with one attached hydrogen (secondary N) is 1. The van der Waals surface area contributed by atoms with Crippen LogP contribution in [0, 0.1) is 0 Å². The van der Waals surface area contributed by atoms with Gasteiger partial charge in [0.1, 0.15) is 21.4 Å². The van der Waals surface area contributed by atoms with Crippen LogP contribution in [0.3, 0.4) is 0 Å². The van der Waals surface area contributed by atoms with Crippen molar-refractivity contribution in [3.8, 4) is 17.1 Å². The van der Waals surface area contributed by atoms with Crippen molar-refractivity contribution in [1.29, 1.82) is 0 Å². The quantitative estimate of drug-likeness (QED) is 0.218. The molecule has 0 saturated carbocycles. The van der Waals surface area contributed by atoms with Gasteiger partial charge in [-0.05, 0) is 67.3 Å². The predicted octanol–water partition coefficient (Wildman–Crippen LogP) is 4.24. The molecule has 0 atom stereocenters. The van der Waals surface area contributed by atoms with Crippen LogP contribution in [0.5, 0.6) is 5.75 Å². The summed E-state index contributed by atoms with van der Waals surface area (Å²) in [6.07, 6.45) is 5.76. The highest BCUT2D eigenvalue weighted by molar-refractivity contribution is 7.90. The summed E-state index contributed by atoms with van der Waals surface area (Å²) in [7, 11) is -1.30. The highest BCUT2D eigenvalue weighted by atomic mass is 32.2. The van der Waals surface area contributed by atoms with Crippen LogP contribution in [-0.2, 0) is 22.8 Å². The maximum Gasteiger partial charge on any atom is 0.162 e. The number of fused-ring (bicyclic) bond motifs is 2. The van der Waals surface area contributed by atoms with Crippen LogP contribution in [0.25, 0.3) is 33.2 Å². The zero-order valence-electron chi connectivity index (χ0n) is 22.8. The van der Waals surface area contributed by atoms with Gasteiger partial charge in [-0.2, -0.15) is 5.10 Å². The number of nitrogen functional groups attached to an aromatic ring is 1. The number of nitrogens with zero attached hydrogens (tertiary/aromatic N) is 4. The Hall–Kier alpha value is -4.02. The molecule has 0 unspecified atom stereocenters. The van der Waals surface area contributed by atoms with Crippen LogP contribution in [-0.4, -0.2) is 60.4 Å². The first kappa shape index (κ1) is 27.5. The zero-order valence-corrected chi connectivity index (χ0v) is 23.6. The van der Waals surface area contributed by atoms with E-state index in [2.05, 4.69) is 27.5 Å². The predicted molar refractivity (Wildman–Crippen MR) is 160 cm³/mol. The number of aromatic nitrogens is 4. The Labute approximate surface area is 234 Å². The number of sulfone groups is 1. The molecule has 10 heteroatoms. The number of unbranched alkanes of at least 4 members (excludes halogenated alkanes) is 1. The van der Waals surface area contributed by atoms with Crippen LogP contribution in [0.1, 0.15) is 24.0 Å². The number of aryl methyl sites for hydroxylation is 1. The molecule has 0 amide bonds. The Morgan fingerprint density at radius 1 is 1.00 bits per heavy atom. The standard InChI is InChI=1S/C30H34N6O3S/c1-39-28-18-25-26(17-22(28)10-6-7-13-32-14-15-40(2,37)38)34-30(35-29(25)31)23-11-12-27-24(16-23)19-33-36(27)20-21-8-4-3-5-9-21/h3-5,8-9,11-12,16-19,32H,6-7,10,13-15,20H2,1-2H3,(H2,31,34,35). The van der Waals surface area contributed by atoms with Crippen LogP contribution in [0.15, 0.2) is 66.9 Å². The van der Waals surface area contributed by atoms with E-state index in [4.69, 9.17) is 15.5 Å². The van der Waals surface area contributed by atoms with Gasteiger partial charge in [0.05, 0.1) is 36.6 Å². The van der Waals surface area contributed by atoms with Crippen LogP contribution < -0.4 is 15.8 Å². The van der Waals surface area contributed by atoms with Gasteiger partial charge in [0, 0.05) is 29.1 Å². The molecule has 0 fully saturated rings. The summed E-state index contributed by atoms with van der Waals surface area (Å²) in [5.74, 6) is 1.87. The second-order valence-electron chi connectivity index (χ2n) is 10.0. The molecule has 0 aliphatic rings. The van der Waals surface area contributed by atoms with Crippen molar-refractivity contribution in [2.45, 2.75) is 25.8 Å². The fourth-order valence-corrected chi connectivity index (χ4v) is 5.31. The summed E-state index contributed by atoms with van der Waals surface area (Å²) in [5, 5.41) is 9.55. The van der Waals surface area contributed by atoms with E-state index in [1.807, 2.05) is 59.4 Å². The Morgan fingerprint density at radius 3 is 2.60 bits per heavy atom. The molecule has 3 N–H and O–H groups in total. The Morgan fingerprint density at radius 2 is 1.82 bits per heavy atom. The van der Waals surface area contributed by atoms with Crippen molar-refractivity contribution >= 4 is 37.5 Å². The van der Waals surface area contributed by atoms with E-state index in [0.717, 1.165) is 64.5 Å². The summed E-state index contributed by atoms with van der Waals surface area (Å²) >= 11 is 0. The molecule has 0 bridgehead atoms. The summed E-state index contributed by atoms with van der Waals surface area (Å²) in [4.78, 5) is 9.48. The van der Waals surface area contributed by atoms with Crippen molar-refractivity contribution in [3.63, 3.8) is 0 Å². The fraction of sp³-hybridized carbons (Fsp3) is 0.300. The third kappa shape index (κ3) is 6.57. The van der Waals surface area contributed by atoms with E-state index in [9.17, 15) is 8.42 Å². The fourth-order valence-electron chi connectivity index (χ4n) is 4.79. The van der Waals surface area contributed by atoms with Crippen molar-refractivity contribution in [1.82, 2.24) is 25.1 Å². The summed E-state index contributed by atoms with van der Waals surface area (Å²) in [6.45, 7) is 1.93. The lowest BCUT2D eigenvalue weighted by atomic mass is 10.0. The first-order valence-electron chi connectivity index (χ1n) is 13.3. The molecule has 3 aromatic carbocycles. The first-order valence-corrected chi connectivity index (χ1v) is 15.4.